The minimum Gasteiger partial charge on any atom is -0.0871 e. The Hall–Kier alpha value is -0.260. The van der Waals surface area contributed by atoms with Gasteiger partial charge in [-0.05, 0) is 24.7 Å². The van der Waals surface area contributed by atoms with E-state index in [1.807, 2.05) is 0 Å². The predicted molar refractivity (Wildman–Crippen MR) is 48.5 cm³/mol. The molecule has 1 spiro atoms. The summed E-state index contributed by atoms with van der Waals surface area (Å²) in [4.78, 5) is 0. The summed E-state index contributed by atoms with van der Waals surface area (Å²) >= 11 is 0. The molecule has 0 aromatic rings. The van der Waals surface area contributed by atoms with Crippen LogP contribution in [-0.4, -0.2) is 0 Å². The van der Waals surface area contributed by atoms with E-state index in [0.29, 0.717) is 5.41 Å². The SMILES string of the molecule is C1=CC2(C1)CCCCCCC2. The van der Waals surface area contributed by atoms with Gasteiger partial charge in [0.1, 0.15) is 0 Å². The normalized spacial score (nSPS) is 29.1. The van der Waals surface area contributed by atoms with Crippen LogP contribution in [0, 0.1) is 5.41 Å². The number of rotatable bonds is 0. The molecule has 0 heterocycles. The van der Waals surface area contributed by atoms with Crippen molar-refractivity contribution in [3.63, 3.8) is 0 Å². The maximum Gasteiger partial charge on any atom is -0.00838 e. The first-order valence-electron chi connectivity index (χ1n) is 5.09. The third-order valence-corrected chi connectivity index (χ3v) is 3.35. The topological polar surface area (TPSA) is 0 Å². The number of hydrogen-bond acceptors (Lipinski definition) is 0. The van der Waals surface area contributed by atoms with Crippen molar-refractivity contribution in [1.82, 2.24) is 0 Å². The Balaban J connectivity index is 1.92. The van der Waals surface area contributed by atoms with E-state index >= 15 is 0 Å². The first kappa shape index (κ1) is 7.39. The minimum atomic E-state index is 0.695. The van der Waals surface area contributed by atoms with Gasteiger partial charge >= 0.3 is 0 Å². The maximum atomic E-state index is 2.47. The molecule has 1 fully saturated rings. The van der Waals surface area contributed by atoms with E-state index < -0.39 is 0 Å². The Morgan fingerprint density at radius 2 is 1.36 bits per heavy atom. The molecule has 0 unspecified atom stereocenters. The van der Waals surface area contributed by atoms with Crippen LogP contribution < -0.4 is 0 Å². The lowest BCUT2D eigenvalue weighted by molar-refractivity contribution is 0.257. The Bertz CT molecular complexity index is 147. The highest BCUT2D eigenvalue weighted by Crippen LogP contribution is 2.44. The number of hydrogen-bond donors (Lipinski definition) is 0. The second-order valence-corrected chi connectivity index (χ2v) is 4.24. The summed E-state index contributed by atoms with van der Waals surface area (Å²) in [5.74, 6) is 0. The minimum absolute atomic E-state index is 0.695. The van der Waals surface area contributed by atoms with Gasteiger partial charge in [-0.15, -0.1) is 0 Å². The molecule has 0 aromatic carbocycles. The zero-order valence-electron chi connectivity index (χ0n) is 7.31. The lowest BCUT2D eigenvalue weighted by Gasteiger charge is -2.37. The molecule has 0 radical (unpaired) electrons. The van der Waals surface area contributed by atoms with E-state index in [0.717, 1.165) is 0 Å². The van der Waals surface area contributed by atoms with Crippen LogP contribution in [0.3, 0.4) is 0 Å². The van der Waals surface area contributed by atoms with Crippen molar-refractivity contribution in [2.75, 3.05) is 0 Å². The van der Waals surface area contributed by atoms with Gasteiger partial charge in [-0.2, -0.15) is 0 Å². The zero-order valence-corrected chi connectivity index (χ0v) is 7.31. The van der Waals surface area contributed by atoms with Crippen LogP contribution in [-0.2, 0) is 0 Å². The molecule has 0 nitrogen and oxygen atoms in total. The van der Waals surface area contributed by atoms with Crippen molar-refractivity contribution in [3.05, 3.63) is 12.2 Å². The van der Waals surface area contributed by atoms with Gasteiger partial charge in [-0.3, -0.25) is 0 Å². The van der Waals surface area contributed by atoms with Crippen LogP contribution in [0.4, 0.5) is 0 Å². The summed E-state index contributed by atoms with van der Waals surface area (Å²) in [6, 6.07) is 0. The molecule has 0 aliphatic heterocycles. The lowest BCUT2D eigenvalue weighted by Crippen LogP contribution is -2.24. The molecule has 0 atom stereocenters. The molecule has 0 amide bonds. The Morgan fingerprint density at radius 3 is 1.82 bits per heavy atom. The van der Waals surface area contributed by atoms with E-state index in [4.69, 9.17) is 0 Å². The number of allylic oxidation sites excluding steroid dienone is 2. The monoisotopic (exact) mass is 150 g/mol. The van der Waals surface area contributed by atoms with Gasteiger partial charge < -0.3 is 0 Å². The summed E-state index contributed by atoms with van der Waals surface area (Å²) in [5, 5.41) is 0. The van der Waals surface area contributed by atoms with E-state index in [-0.39, 0.29) is 0 Å². The fraction of sp³-hybridized carbons (Fsp3) is 0.818. The van der Waals surface area contributed by atoms with Crippen molar-refractivity contribution >= 4 is 0 Å². The van der Waals surface area contributed by atoms with Gasteiger partial charge in [0.15, 0.2) is 0 Å². The highest BCUT2D eigenvalue weighted by Gasteiger charge is 2.30. The molecule has 62 valence electrons. The molecule has 0 N–H and O–H groups in total. The largest absolute Gasteiger partial charge is 0.0871 e. The van der Waals surface area contributed by atoms with Gasteiger partial charge in [0.05, 0.1) is 0 Å². The molecule has 0 heteroatoms. The summed E-state index contributed by atoms with van der Waals surface area (Å²) in [6.45, 7) is 0. The summed E-state index contributed by atoms with van der Waals surface area (Å²) in [5.41, 5.74) is 0.695. The summed E-state index contributed by atoms with van der Waals surface area (Å²) in [7, 11) is 0. The molecule has 2 aliphatic carbocycles. The Morgan fingerprint density at radius 1 is 0.818 bits per heavy atom. The van der Waals surface area contributed by atoms with Crippen LogP contribution in [0.5, 0.6) is 0 Å². The second-order valence-electron chi connectivity index (χ2n) is 4.24. The smallest absolute Gasteiger partial charge is 0.00838 e. The molecular weight excluding hydrogens is 132 g/mol. The van der Waals surface area contributed by atoms with Crippen LogP contribution in [0.2, 0.25) is 0 Å². The highest BCUT2D eigenvalue weighted by atomic mass is 14.3. The summed E-state index contributed by atoms with van der Waals surface area (Å²) < 4.78 is 0. The van der Waals surface area contributed by atoms with Gasteiger partial charge in [0, 0.05) is 0 Å². The van der Waals surface area contributed by atoms with Crippen LogP contribution >= 0.6 is 0 Å². The van der Waals surface area contributed by atoms with E-state index in [1.165, 1.54) is 51.4 Å². The molecule has 11 heavy (non-hydrogen) atoms. The van der Waals surface area contributed by atoms with Crippen molar-refractivity contribution < 1.29 is 0 Å². The predicted octanol–water partition coefficient (Wildman–Crippen LogP) is 3.68. The van der Waals surface area contributed by atoms with Crippen molar-refractivity contribution in [1.29, 1.82) is 0 Å². The molecular formula is C11H18. The first-order valence-corrected chi connectivity index (χ1v) is 5.09. The Labute approximate surface area is 69.7 Å². The van der Waals surface area contributed by atoms with Crippen LogP contribution in [0.15, 0.2) is 12.2 Å². The van der Waals surface area contributed by atoms with E-state index in [9.17, 15) is 0 Å². The fourth-order valence-corrected chi connectivity index (χ4v) is 2.43. The molecule has 2 rings (SSSR count). The van der Waals surface area contributed by atoms with Crippen molar-refractivity contribution in [2.45, 2.75) is 51.4 Å². The molecule has 0 bridgehead atoms. The Kier molecular flexibility index (Phi) is 2.02. The average Bonchev–Trinajstić information content (AvgIpc) is 1.82. The van der Waals surface area contributed by atoms with Crippen LogP contribution in [0.1, 0.15) is 51.4 Å². The van der Waals surface area contributed by atoms with Gasteiger partial charge in [-0.25, -0.2) is 0 Å². The quantitative estimate of drug-likeness (QED) is 0.462. The molecule has 2 aliphatic rings. The van der Waals surface area contributed by atoms with Crippen LogP contribution in [0.25, 0.3) is 0 Å². The van der Waals surface area contributed by atoms with E-state index in [1.54, 1.807) is 0 Å². The maximum absolute atomic E-state index is 2.47. The van der Waals surface area contributed by atoms with E-state index in [2.05, 4.69) is 12.2 Å². The fourth-order valence-electron chi connectivity index (χ4n) is 2.43. The summed E-state index contributed by atoms with van der Waals surface area (Å²) in [6.07, 6.45) is 16.6. The molecule has 1 saturated carbocycles. The first-order chi connectivity index (χ1) is 5.41. The molecule has 0 aromatic heterocycles. The van der Waals surface area contributed by atoms with Gasteiger partial charge in [-0.1, -0.05) is 44.3 Å². The third-order valence-electron chi connectivity index (χ3n) is 3.35. The lowest BCUT2D eigenvalue weighted by atomic mass is 9.68. The van der Waals surface area contributed by atoms with Crippen molar-refractivity contribution in [2.24, 2.45) is 5.41 Å². The van der Waals surface area contributed by atoms with Crippen molar-refractivity contribution in [3.8, 4) is 0 Å². The average molecular weight is 150 g/mol. The molecule has 0 saturated heterocycles. The standard InChI is InChI=1S/C11H18/c1-2-4-7-11(8-5-3-1)9-6-10-11/h6,9H,1-5,7-8,10H2. The third kappa shape index (κ3) is 1.50. The second kappa shape index (κ2) is 3.00. The van der Waals surface area contributed by atoms with Gasteiger partial charge in [0.2, 0.25) is 0 Å². The zero-order chi connectivity index (χ0) is 7.57. The van der Waals surface area contributed by atoms with Gasteiger partial charge in [0.25, 0.3) is 0 Å². The highest BCUT2D eigenvalue weighted by molar-refractivity contribution is 5.12.